The molecule has 1 aromatic carbocycles. The molecular weight excluding hydrogens is 310 g/mol. The monoisotopic (exact) mass is 341 g/mol. The first kappa shape index (κ1) is 17.8. The largest absolute Gasteiger partial charge is 0.358 e. The Morgan fingerprint density at radius 2 is 1.92 bits per heavy atom. The van der Waals surface area contributed by atoms with Gasteiger partial charge in [0.25, 0.3) is 5.91 Å². The van der Waals surface area contributed by atoms with Crippen molar-refractivity contribution < 1.29 is 4.79 Å². The molecule has 2 aliphatic heterocycles. The molecule has 1 fully saturated rings. The smallest absolute Gasteiger partial charge is 0.251 e. The van der Waals surface area contributed by atoms with Crippen LogP contribution in [0.2, 0.25) is 0 Å². The zero-order chi connectivity index (χ0) is 17.5. The number of hydrogen-bond acceptors (Lipinski definition) is 3. The quantitative estimate of drug-likeness (QED) is 0.732. The molecule has 0 atom stereocenters. The first-order chi connectivity index (χ1) is 12.3. The van der Waals surface area contributed by atoms with E-state index < -0.39 is 0 Å². The number of benzene rings is 1. The Morgan fingerprint density at radius 1 is 1.08 bits per heavy atom. The highest BCUT2D eigenvalue weighted by atomic mass is 16.1. The molecule has 1 aromatic rings. The Morgan fingerprint density at radius 3 is 2.72 bits per heavy atom. The molecule has 0 aliphatic carbocycles. The fourth-order valence-electron chi connectivity index (χ4n) is 3.71. The molecule has 1 N–H and O–H groups in total. The van der Waals surface area contributed by atoms with Crippen molar-refractivity contribution in [1.82, 2.24) is 15.1 Å². The summed E-state index contributed by atoms with van der Waals surface area (Å²) < 4.78 is 0. The number of unbranched alkanes of at least 4 members (excludes halogenated alkanes) is 3. The summed E-state index contributed by atoms with van der Waals surface area (Å²) in [6, 6.07) is 8.11. The Bertz CT molecular complexity index is 594. The van der Waals surface area contributed by atoms with E-state index >= 15 is 0 Å². The first-order valence-electron chi connectivity index (χ1n) is 9.85. The summed E-state index contributed by atoms with van der Waals surface area (Å²) in [6.07, 6.45) is 9.49. The maximum Gasteiger partial charge on any atom is 0.251 e. The fraction of sp³-hybridized carbons (Fsp3) is 0.571. The van der Waals surface area contributed by atoms with Crippen LogP contribution in [0.4, 0.5) is 0 Å². The van der Waals surface area contributed by atoms with Gasteiger partial charge in [-0.25, -0.2) is 0 Å². The van der Waals surface area contributed by atoms with Crippen LogP contribution in [0.1, 0.15) is 61.4 Å². The van der Waals surface area contributed by atoms with Gasteiger partial charge in [-0.15, -0.1) is 0 Å². The molecule has 2 aliphatic rings. The zero-order valence-corrected chi connectivity index (χ0v) is 15.5. The van der Waals surface area contributed by atoms with Crippen molar-refractivity contribution in [3.8, 4) is 0 Å². The number of nitrogens with zero attached hydrogens (tertiary/aromatic N) is 2. The molecule has 25 heavy (non-hydrogen) atoms. The van der Waals surface area contributed by atoms with E-state index in [0.29, 0.717) is 0 Å². The highest BCUT2D eigenvalue weighted by Gasteiger charge is 2.24. The maximum atomic E-state index is 12.2. The second-order valence-electron chi connectivity index (χ2n) is 7.13. The number of rotatable bonds is 8. The summed E-state index contributed by atoms with van der Waals surface area (Å²) in [6.45, 7) is 7.40. The molecule has 0 spiro atoms. The molecule has 0 aromatic heterocycles. The summed E-state index contributed by atoms with van der Waals surface area (Å²) in [5.41, 5.74) is 2.04. The molecular formula is C21H31N3O. The van der Waals surface area contributed by atoms with Crippen molar-refractivity contribution in [2.24, 2.45) is 0 Å². The van der Waals surface area contributed by atoms with E-state index in [1.807, 2.05) is 12.1 Å². The third kappa shape index (κ3) is 4.77. The minimum absolute atomic E-state index is 0.0469. The Labute approximate surface area is 151 Å². The van der Waals surface area contributed by atoms with Crippen molar-refractivity contribution in [3.63, 3.8) is 0 Å². The van der Waals surface area contributed by atoms with Gasteiger partial charge in [0.05, 0.1) is 0 Å². The molecule has 0 bridgehead atoms. The van der Waals surface area contributed by atoms with Crippen molar-refractivity contribution in [3.05, 3.63) is 47.3 Å². The Hall–Kier alpha value is -1.97. The van der Waals surface area contributed by atoms with Crippen LogP contribution in [0.25, 0.3) is 0 Å². The van der Waals surface area contributed by atoms with E-state index in [2.05, 4.69) is 40.2 Å². The molecule has 1 saturated heterocycles. The van der Waals surface area contributed by atoms with Crippen LogP contribution in [0.3, 0.4) is 0 Å². The van der Waals surface area contributed by atoms with Crippen molar-refractivity contribution in [2.45, 2.75) is 52.0 Å². The lowest BCUT2D eigenvalue weighted by Gasteiger charge is -2.38. The normalized spacial score (nSPS) is 16.6. The van der Waals surface area contributed by atoms with Crippen LogP contribution in [-0.4, -0.2) is 41.9 Å². The Kier molecular flexibility index (Phi) is 6.37. The average Bonchev–Trinajstić information content (AvgIpc) is 3.12. The van der Waals surface area contributed by atoms with Crippen LogP contribution in [0.15, 0.2) is 36.2 Å². The van der Waals surface area contributed by atoms with E-state index in [-0.39, 0.29) is 5.91 Å². The lowest BCUT2D eigenvalue weighted by molar-refractivity contribution is 0.0953. The topological polar surface area (TPSA) is 35.6 Å². The minimum atomic E-state index is 0.0469. The van der Waals surface area contributed by atoms with Gasteiger partial charge in [0.1, 0.15) is 5.82 Å². The third-order valence-corrected chi connectivity index (χ3v) is 5.14. The lowest BCUT2D eigenvalue weighted by Crippen LogP contribution is -2.40. The zero-order valence-electron chi connectivity index (χ0n) is 15.5. The minimum Gasteiger partial charge on any atom is -0.358 e. The van der Waals surface area contributed by atoms with Gasteiger partial charge >= 0.3 is 0 Å². The van der Waals surface area contributed by atoms with Gasteiger partial charge in [0.15, 0.2) is 0 Å². The van der Waals surface area contributed by atoms with Crippen molar-refractivity contribution >= 4 is 5.91 Å². The van der Waals surface area contributed by atoms with Crippen LogP contribution >= 0.6 is 0 Å². The van der Waals surface area contributed by atoms with E-state index in [4.69, 9.17) is 0 Å². The summed E-state index contributed by atoms with van der Waals surface area (Å²) in [5, 5.41) is 3.02. The predicted octanol–water partition coefficient (Wildman–Crippen LogP) is 3.75. The predicted molar refractivity (Wildman–Crippen MR) is 102 cm³/mol. The highest BCUT2D eigenvalue weighted by molar-refractivity contribution is 5.94. The fourth-order valence-corrected chi connectivity index (χ4v) is 3.71. The van der Waals surface area contributed by atoms with E-state index in [9.17, 15) is 4.79 Å². The van der Waals surface area contributed by atoms with Gasteiger partial charge in [0, 0.05) is 38.3 Å². The molecule has 0 saturated carbocycles. The molecule has 3 rings (SSSR count). The first-order valence-corrected chi connectivity index (χ1v) is 9.85. The van der Waals surface area contributed by atoms with Crippen molar-refractivity contribution in [2.75, 3.05) is 26.2 Å². The number of nitrogens with one attached hydrogen (secondary N) is 1. The van der Waals surface area contributed by atoms with E-state index in [1.54, 1.807) is 0 Å². The standard InChI is InChI=1S/C21H31N3O/c1-2-3-4-5-13-22-21(25)19-11-9-18(10-12-19)17-24-16-7-15-23-14-6-8-20(23)24/h8-12H,2-7,13-17H2,1H3,(H,22,25). The van der Waals surface area contributed by atoms with Gasteiger partial charge in [-0.1, -0.05) is 38.3 Å². The van der Waals surface area contributed by atoms with E-state index in [1.165, 1.54) is 56.6 Å². The highest BCUT2D eigenvalue weighted by Crippen LogP contribution is 2.25. The van der Waals surface area contributed by atoms with Crippen LogP contribution in [0, 0.1) is 0 Å². The second-order valence-corrected chi connectivity index (χ2v) is 7.13. The van der Waals surface area contributed by atoms with Crippen LogP contribution < -0.4 is 5.32 Å². The molecule has 0 radical (unpaired) electrons. The summed E-state index contributed by atoms with van der Waals surface area (Å²) in [5.74, 6) is 1.45. The Balaban J connectivity index is 1.49. The summed E-state index contributed by atoms with van der Waals surface area (Å²) in [7, 11) is 0. The maximum absolute atomic E-state index is 12.2. The molecule has 1 amide bonds. The molecule has 0 unspecified atom stereocenters. The second kappa shape index (κ2) is 8.93. The van der Waals surface area contributed by atoms with Crippen LogP contribution in [-0.2, 0) is 6.54 Å². The number of hydrogen-bond donors (Lipinski definition) is 1. The molecule has 4 heteroatoms. The van der Waals surface area contributed by atoms with Gasteiger partial charge in [-0.3, -0.25) is 4.79 Å². The van der Waals surface area contributed by atoms with Gasteiger partial charge in [-0.05, 0) is 43.0 Å². The molecule has 4 nitrogen and oxygen atoms in total. The molecule has 2 heterocycles. The third-order valence-electron chi connectivity index (χ3n) is 5.14. The lowest BCUT2D eigenvalue weighted by atomic mass is 10.1. The average molecular weight is 341 g/mol. The number of carbonyl (C=O) groups is 1. The van der Waals surface area contributed by atoms with Gasteiger partial charge < -0.3 is 15.1 Å². The SMILES string of the molecule is CCCCCCNC(=O)c1ccc(CN2CCCN3CCC=C32)cc1. The number of carbonyl (C=O) groups excluding carboxylic acids is 1. The van der Waals surface area contributed by atoms with Crippen LogP contribution in [0.5, 0.6) is 0 Å². The number of amides is 1. The van der Waals surface area contributed by atoms with Gasteiger partial charge in [-0.2, -0.15) is 0 Å². The van der Waals surface area contributed by atoms with Gasteiger partial charge in [0.2, 0.25) is 0 Å². The van der Waals surface area contributed by atoms with Crippen molar-refractivity contribution in [1.29, 1.82) is 0 Å². The van der Waals surface area contributed by atoms with E-state index in [0.717, 1.165) is 31.6 Å². The summed E-state index contributed by atoms with van der Waals surface area (Å²) in [4.78, 5) is 17.2. The molecule has 136 valence electrons. The summed E-state index contributed by atoms with van der Waals surface area (Å²) >= 11 is 0. The number of fused-ring (bicyclic) bond motifs is 1.